The van der Waals surface area contributed by atoms with E-state index in [1.165, 1.54) is 0 Å². The third-order valence-electron chi connectivity index (χ3n) is 2.17. The van der Waals surface area contributed by atoms with Crippen molar-refractivity contribution in [1.29, 1.82) is 0 Å². The molecule has 0 bridgehead atoms. The van der Waals surface area contributed by atoms with E-state index in [9.17, 15) is 0 Å². The summed E-state index contributed by atoms with van der Waals surface area (Å²) in [6.07, 6.45) is 5.41. The highest BCUT2D eigenvalue weighted by Gasteiger charge is 2.08. The van der Waals surface area contributed by atoms with E-state index in [1.54, 1.807) is 0 Å². The molecule has 0 rings (SSSR count). The average Bonchev–Trinajstić information content (AvgIpc) is 2.28. The Kier molecular flexibility index (Phi) is 10.4. The summed E-state index contributed by atoms with van der Waals surface area (Å²) in [4.78, 5) is 0. The van der Waals surface area contributed by atoms with Crippen molar-refractivity contribution in [3.8, 4) is 0 Å². The number of ether oxygens (including phenoxy) is 2. The zero-order valence-electron chi connectivity index (χ0n) is 10.4. The summed E-state index contributed by atoms with van der Waals surface area (Å²) in [5, 5.41) is 9.12. The van der Waals surface area contributed by atoms with Crippen molar-refractivity contribution in [2.24, 2.45) is 0 Å². The summed E-state index contributed by atoms with van der Waals surface area (Å²) in [5.41, 5.74) is 0.815. The molecule has 0 fully saturated rings. The molecule has 0 aliphatic heterocycles. The van der Waals surface area contributed by atoms with E-state index in [0.29, 0.717) is 6.61 Å². The molecule has 1 atom stereocenters. The molecule has 0 heterocycles. The van der Waals surface area contributed by atoms with Crippen molar-refractivity contribution in [2.75, 3.05) is 26.4 Å². The van der Waals surface area contributed by atoms with Gasteiger partial charge in [-0.25, -0.2) is 0 Å². The van der Waals surface area contributed by atoms with Crippen LogP contribution >= 0.6 is 0 Å². The molecule has 3 heteroatoms. The molecule has 0 saturated carbocycles. The van der Waals surface area contributed by atoms with Gasteiger partial charge in [0.05, 0.1) is 6.61 Å². The first kappa shape index (κ1) is 15.4. The standard InChI is InChI=1S/C13H24O3/c1-4-8-12(3)13(11-14)16-10-7-6-9-15-5-2/h4,8,13-14H,3,5-7,9-11H2,1-2H3/b8-4-/t13-/m0/s1. The fourth-order valence-electron chi connectivity index (χ4n) is 1.27. The number of hydrogen-bond donors (Lipinski definition) is 1. The SMILES string of the molecule is C=C(/C=C\C)[C@H](CO)OCCCCOCC. The van der Waals surface area contributed by atoms with Crippen LogP contribution < -0.4 is 0 Å². The third-order valence-corrected chi connectivity index (χ3v) is 2.17. The van der Waals surface area contributed by atoms with E-state index in [-0.39, 0.29) is 12.7 Å². The van der Waals surface area contributed by atoms with Crippen LogP contribution in [0.5, 0.6) is 0 Å². The van der Waals surface area contributed by atoms with Gasteiger partial charge in [-0.1, -0.05) is 18.7 Å². The van der Waals surface area contributed by atoms with Crippen LogP contribution in [-0.4, -0.2) is 37.6 Å². The molecule has 0 amide bonds. The van der Waals surface area contributed by atoms with Gasteiger partial charge in [0, 0.05) is 19.8 Å². The maximum atomic E-state index is 9.12. The molecule has 94 valence electrons. The Labute approximate surface area is 98.8 Å². The average molecular weight is 228 g/mol. The number of aliphatic hydroxyl groups excluding tert-OH is 1. The van der Waals surface area contributed by atoms with Gasteiger partial charge in [0.2, 0.25) is 0 Å². The first-order chi connectivity index (χ1) is 7.76. The Bertz CT molecular complexity index is 199. The van der Waals surface area contributed by atoms with Crippen molar-refractivity contribution < 1.29 is 14.6 Å². The van der Waals surface area contributed by atoms with E-state index >= 15 is 0 Å². The lowest BCUT2D eigenvalue weighted by molar-refractivity contribution is 0.0325. The van der Waals surface area contributed by atoms with Crippen LogP contribution in [0.25, 0.3) is 0 Å². The van der Waals surface area contributed by atoms with E-state index in [4.69, 9.17) is 14.6 Å². The number of unbranched alkanes of at least 4 members (excludes halogenated alkanes) is 1. The van der Waals surface area contributed by atoms with Gasteiger partial charge in [-0.2, -0.15) is 0 Å². The van der Waals surface area contributed by atoms with Crippen molar-refractivity contribution in [3.05, 3.63) is 24.3 Å². The maximum Gasteiger partial charge on any atom is 0.105 e. The fourth-order valence-corrected chi connectivity index (χ4v) is 1.27. The quantitative estimate of drug-likeness (QED) is 0.460. The van der Waals surface area contributed by atoms with Crippen molar-refractivity contribution in [2.45, 2.75) is 32.8 Å². The zero-order valence-corrected chi connectivity index (χ0v) is 10.4. The second-order valence-corrected chi connectivity index (χ2v) is 3.52. The van der Waals surface area contributed by atoms with Gasteiger partial charge < -0.3 is 14.6 Å². The minimum absolute atomic E-state index is 0.0192. The van der Waals surface area contributed by atoms with Gasteiger partial charge >= 0.3 is 0 Å². The normalized spacial score (nSPS) is 13.2. The molecule has 0 radical (unpaired) electrons. The maximum absolute atomic E-state index is 9.12. The molecule has 0 aliphatic rings. The number of allylic oxidation sites excluding steroid dienone is 1. The van der Waals surface area contributed by atoms with E-state index in [0.717, 1.165) is 31.6 Å². The van der Waals surface area contributed by atoms with Crippen LogP contribution in [0.3, 0.4) is 0 Å². The van der Waals surface area contributed by atoms with Crippen molar-refractivity contribution in [3.63, 3.8) is 0 Å². The van der Waals surface area contributed by atoms with Gasteiger partial charge in [-0.15, -0.1) is 0 Å². The molecular weight excluding hydrogens is 204 g/mol. The lowest BCUT2D eigenvalue weighted by Crippen LogP contribution is -2.19. The van der Waals surface area contributed by atoms with Crippen LogP contribution in [0, 0.1) is 0 Å². The second-order valence-electron chi connectivity index (χ2n) is 3.52. The Morgan fingerprint density at radius 2 is 2.06 bits per heavy atom. The van der Waals surface area contributed by atoms with Gasteiger partial charge in [-0.05, 0) is 32.3 Å². The minimum atomic E-state index is -0.275. The zero-order chi connectivity index (χ0) is 12.2. The summed E-state index contributed by atoms with van der Waals surface area (Å²) >= 11 is 0. The van der Waals surface area contributed by atoms with E-state index < -0.39 is 0 Å². The molecular formula is C13H24O3. The van der Waals surface area contributed by atoms with Gasteiger partial charge in [-0.3, -0.25) is 0 Å². The second kappa shape index (κ2) is 10.9. The van der Waals surface area contributed by atoms with Gasteiger partial charge in [0.1, 0.15) is 6.10 Å². The molecule has 3 nitrogen and oxygen atoms in total. The highest BCUT2D eigenvalue weighted by Crippen LogP contribution is 2.07. The number of hydrogen-bond acceptors (Lipinski definition) is 3. The Hall–Kier alpha value is -0.640. The molecule has 0 aromatic carbocycles. The highest BCUT2D eigenvalue weighted by atomic mass is 16.5. The molecule has 0 aromatic rings. The molecule has 0 aromatic heterocycles. The Balaban J connectivity index is 3.59. The molecule has 1 N–H and O–H groups in total. The van der Waals surface area contributed by atoms with Crippen LogP contribution in [0.1, 0.15) is 26.7 Å². The molecule has 0 saturated heterocycles. The van der Waals surface area contributed by atoms with Crippen LogP contribution in [-0.2, 0) is 9.47 Å². The molecule has 0 unspecified atom stereocenters. The minimum Gasteiger partial charge on any atom is -0.393 e. The first-order valence-electron chi connectivity index (χ1n) is 5.87. The third kappa shape index (κ3) is 7.63. The summed E-state index contributed by atoms with van der Waals surface area (Å²) in [6.45, 7) is 9.91. The van der Waals surface area contributed by atoms with Crippen molar-refractivity contribution >= 4 is 0 Å². The van der Waals surface area contributed by atoms with Crippen LogP contribution in [0.2, 0.25) is 0 Å². The van der Waals surface area contributed by atoms with Crippen LogP contribution in [0.15, 0.2) is 24.3 Å². The summed E-state index contributed by atoms with van der Waals surface area (Å²) in [6, 6.07) is 0. The Morgan fingerprint density at radius 1 is 1.38 bits per heavy atom. The predicted octanol–water partition coefficient (Wildman–Crippen LogP) is 2.31. The van der Waals surface area contributed by atoms with E-state index in [2.05, 4.69) is 6.58 Å². The largest absolute Gasteiger partial charge is 0.393 e. The summed E-state index contributed by atoms with van der Waals surface area (Å²) in [5.74, 6) is 0. The predicted molar refractivity (Wildman–Crippen MR) is 66.5 cm³/mol. The summed E-state index contributed by atoms with van der Waals surface area (Å²) < 4.78 is 10.7. The Morgan fingerprint density at radius 3 is 2.62 bits per heavy atom. The number of aliphatic hydroxyl groups is 1. The van der Waals surface area contributed by atoms with Gasteiger partial charge in [0.25, 0.3) is 0 Å². The highest BCUT2D eigenvalue weighted by molar-refractivity contribution is 5.18. The fraction of sp³-hybridized carbons (Fsp3) is 0.692. The monoisotopic (exact) mass is 228 g/mol. The summed E-state index contributed by atoms with van der Waals surface area (Å²) in [7, 11) is 0. The lowest BCUT2D eigenvalue weighted by atomic mass is 10.1. The number of rotatable bonds is 10. The lowest BCUT2D eigenvalue weighted by Gasteiger charge is -2.15. The van der Waals surface area contributed by atoms with Crippen molar-refractivity contribution in [1.82, 2.24) is 0 Å². The smallest absolute Gasteiger partial charge is 0.105 e. The topological polar surface area (TPSA) is 38.7 Å². The van der Waals surface area contributed by atoms with Crippen LogP contribution in [0.4, 0.5) is 0 Å². The molecule has 16 heavy (non-hydrogen) atoms. The first-order valence-corrected chi connectivity index (χ1v) is 5.87. The molecule has 0 spiro atoms. The van der Waals surface area contributed by atoms with Gasteiger partial charge in [0.15, 0.2) is 0 Å². The molecule has 0 aliphatic carbocycles. The van der Waals surface area contributed by atoms with E-state index in [1.807, 2.05) is 26.0 Å².